The van der Waals surface area contributed by atoms with E-state index in [0.29, 0.717) is 12.0 Å². The number of nitrogens with one attached hydrogen (secondary N) is 2. The number of hydrogen-bond acceptors (Lipinski definition) is 6. The Morgan fingerprint density at radius 3 is 2.52 bits per heavy atom. The van der Waals surface area contributed by atoms with Crippen molar-refractivity contribution in [2.45, 2.75) is 32.8 Å². The van der Waals surface area contributed by atoms with E-state index in [9.17, 15) is 23.4 Å². The number of ether oxygens (including phenoxy) is 1. The summed E-state index contributed by atoms with van der Waals surface area (Å²) in [6.45, 7) is 5.57. The minimum absolute atomic E-state index is 0.000372. The van der Waals surface area contributed by atoms with Gasteiger partial charge in [0.15, 0.2) is 0 Å². The van der Waals surface area contributed by atoms with Gasteiger partial charge in [-0.05, 0) is 44.9 Å². The van der Waals surface area contributed by atoms with Crippen LogP contribution < -0.4 is 14.3 Å². The van der Waals surface area contributed by atoms with E-state index in [-0.39, 0.29) is 18.0 Å². The molecular weight excluding hydrogens is 350 g/mol. The van der Waals surface area contributed by atoms with Crippen LogP contribution in [0.3, 0.4) is 0 Å². The second-order valence-electron chi connectivity index (χ2n) is 6.42. The molecule has 0 unspecified atom stereocenters. The number of nitrogens with zero attached hydrogens (tertiary/aromatic N) is 1. The first-order valence-electron chi connectivity index (χ1n) is 7.50. The Morgan fingerprint density at radius 1 is 1.32 bits per heavy atom. The highest BCUT2D eigenvalue weighted by atomic mass is 32.2. The molecule has 25 heavy (non-hydrogen) atoms. The maximum Gasteiger partial charge on any atom is 0.407 e. The van der Waals surface area contributed by atoms with Crippen LogP contribution in [0.1, 0.15) is 26.3 Å². The van der Waals surface area contributed by atoms with Crippen molar-refractivity contribution >= 4 is 22.0 Å². The van der Waals surface area contributed by atoms with Crippen molar-refractivity contribution in [2.24, 2.45) is 0 Å². The van der Waals surface area contributed by atoms with E-state index in [1.54, 1.807) is 26.8 Å². The molecule has 1 amide bonds. The van der Waals surface area contributed by atoms with Gasteiger partial charge in [0.25, 0.3) is 0 Å². The van der Waals surface area contributed by atoms with E-state index < -0.39 is 27.8 Å². The van der Waals surface area contributed by atoms with Gasteiger partial charge in [0, 0.05) is 6.54 Å². The molecule has 1 heterocycles. The molecule has 0 aromatic heterocycles. The third-order valence-corrected chi connectivity index (χ3v) is 4.38. The second kappa shape index (κ2) is 6.71. The predicted octanol–water partition coefficient (Wildman–Crippen LogP) is 1.47. The molecule has 138 valence electrons. The summed E-state index contributed by atoms with van der Waals surface area (Å²) in [4.78, 5) is 11.6. The van der Waals surface area contributed by atoms with Crippen molar-refractivity contribution in [3.8, 4) is 5.75 Å². The van der Waals surface area contributed by atoms with Crippen molar-refractivity contribution in [2.75, 3.05) is 10.8 Å². The molecule has 2 rings (SSSR count). The number of phenolic OH excluding ortho intramolecular Hbond substituents is 1. The van der Waals surface area contributed by atoms with Crippen molar-refractivity contribution < 1.29 is 28.2 Å². The smallest absolute Gasteiger partial charge is 0.407 e. The van der Waals surface area contributed by atoms with Crippen molar-refractivity contribution in [3.05, 3.63) is 35.8 Å². The predicted molar refractivity (Wildman–Crippen MR) is 91.3 cm³/mol. The van der Waals surface area contributed by atoms with E-state index in [4.69, 9.17) is 4.74 Å². The van der Waals surface area contributed by atoms with Crippen molar-refractivity contribution in [1.82, 2.24) is 10.0 Å². The fourth-order valence-corrected chi connectivity index (χ4v) is 3.19. The number of amides is 1. The van der Waals surface area contributed by atoms with Crippen LogP contribution in [0.15, 0.2) is 30.3 Å². The zero-order valence-electron chi connectivity index (χ0n) is 14.1. The van der Waals surface area contributed by atoms with Crippen LogP contribution in [-0.4, -0.2) is 36.9 Å². The van der Waals surface area contributed by atoms with Crippen molar-refractivity contribution in [3.63, 3.8) is 0 Å². The second-order valence-corrected chi connectivity index (χ2v) is 7.97. The monoisotopic (exact) mass is 371 g/mol. The summed E-state index contributed by atoms with van der Waals surface area (Å²) >= 11 is 0. The van der Waals surface area contributed by atoms with Crippen LogP contribution in [0.25, 0.3) is 0 Å². The largest absolute Gasteiger partial charge is 0.506 e. The molecule has 0 saturated heterocycles. The highest BCUT2D eigenvalue weighted by Gasteiger charge is 2.30. The number of carbonyl (C=O) groups is 1. The summed E-state index contributed by atoms with van der Waals surface area (Å²) in [5, 5.41) is 22.0. The molecule has 1 aromatic rings. The number of aliphatic hydroxyl groups is 1. The maximum absolute atomic E-state index is 11.8. The average Bonchev–Trinajstić information content (AvgIpc) is 2.69. The molecule has 0 fully saturated rings. The third-order valence-electron chi connectivity index (χ3n) is 3.09. The standard InChI is InChI=1S/C15H21N3O6S/c1-15(2,3)24-14(21)16-7-6-10-4-5-11(12(19)8-10)18-9-13(20)17-25(18,22)23/h4-5,8-9,17,19-20H,6-7H2,1-3H3,(H,16,21). The molecule has 4 N–H and O–H groups in total. The molecule has 0 saturated carbocycles. The van der Waals surface area contributed by atoms with E-state index in [0.717, 1.165) is 10.5 Å². The lowest BCUT2D eigenvalue weighted by Crippen LogP contribution is -2.33. The van der Waals surface area contributed by atoms with Crippen molar-refractivity contribution in [1.29, 1.82) is 0 Å². The molecule has 1 aromatic carbocycles. The Labute approximate surface area is 146 Å². The van der Waals surface area contributed by atoms with E-state index >= 15 is 0 Å². The summed E-state index contributed by atoms with van der Waals surface area (Å²) in [7, 11) is -3.96. The van der Waals surface area contributed by atoms with Gasteiger partial charge in [0.2, 0.25) is 5.88 Å². The lowest BCUT2D eigenvalue weighted by Gasteiger charge is -2.19. The molecule has 10 heteroatoms. The number of benzene rings is 1. The number of carbonyl (C=O) groups excluding carboxylic acids is 1. The highest BCUT2D eigenvalue weighted by molar-refractivity contribution is 7.91. The molecule has 0 spiro atoms. The Morgan fingerprint density at radius 2 is 2.00 bits per heavy atom. The minimum Gasteiger partial charge on any atom is -0.506 e. The molecule has 1 aliphatic heterocycles. The number of alkyl carbamates (subject to hydrolysis) is 1. The summed E-state index contributed by atoms with van der Waals surface area (Å²) in [6.07, 6.45) is 0.830. The Kier molecular flexibility index (Phi) is 5.02. The van der Waals surface area contributed by atoms with Gasteiger partial charge in [-0.2, -0.15) is 8.42 Å². The first-order chi connectivity index (χ1) is 11.5. The van der Waals surface area contributed by atoms with Crippen LogP contribution in [0.2, 0.25) is 0 Å². The Balaban J connectivity index is 2.00. The van der Waals surface area contributed by atoms with E-state index in [1.165, 1.54) is 12.1 Å². The first kappa shape index (κ1) is 18.7. The highest BCUT2D eigenvalue weighted by Crippen LogP contribution is 2.32. The van der Waals surface area contributed by atoms with Gasteiger partial charge in [-0.3, -0.25) is 0 Å². The number of aromatic hydroxyl groups is 1. The zero-order valence-corrected chi connectivity index (χ0v) is 14.9. The molecule has 0 aliphatic carbocycles. The SMILES string of the molecule is CC(C)(C)OC(=O)NCCc1ccc(N2C=C(O)NS2(=O)=O)c(O)c1. The van der Waals surface area contributed by atoms with Gasteiger partial charge in [0.05, 0.1) is 6.20 Å². The summed E-state index contributed by atoms with van der Waals surface area (Å²) in [5.74, 6) is -0.809. The summed E-state index contributed by atoms with van der Waals surface area (Å²) < 4.78 is 31.3. The molecule has 0 radical (unpaired) electrons. The van der Waals surface area contributed by atoms with Gasteiger partial charge in [-0.1, -0.05) is 6.07 Å². The Hall–Kier alpha value is -2.62. The maximum atomic E-state index is 11.8. The topological polar surface area (TPSA) is 128 Å². The van der Waals surface area contributed by atoms with Crippen LogP contribution in [0, 0.1) is 0 Å². The number of anilines is 1. The number of phenols is 1. The van der Waals surface area contributed by atoms with Crippen LogP contribution in [0.4, 0.5) is 10.5 Å². The fraction of sp³-hybridized carbons (Fsp3) is 0.400. The molecule has 0 atom stereocenters. The molecule has 9 nitrogen and oxygen atoms in total. The normalized spacial score (nSPS) is 16.1. The van der Waals surface area contributed by atoms with Gasteiger partial charge in [0.1, 0.15) is 17.0 Å². The molecular formula is C15H21N3O6S. The van der Waals surface area contributed by atoms with Gasteiger partial charge < -0.3 is 20.3 Å². The lowest BCUT2D eigenvalue weighted by molar-refractivity contribution is 0.0528. The van der Waals surface area contributed by atoms with Crippen LogP contribution in [0.5, 0.6) is 5.75 Å². The summed E-state index contributed by atoms with van der Waals surface area (Å²) in [6, 6.07) is 4.42. The first-order valence-corrected chi connectivity index (χ1v) is 8.94. The number of rotatable bonds is 4. The quantitative estimate of drug-likeness (QED) is 0.634. The van der Waals surface area contributed by atoms with E-state index in [2.05, 4.69) is 5.32 Å². The Bertz CT molecular complexity index is 798. The number of aliphatic hydroxyl groups excluding tert-OH is 1. The van der Waals surface area contributed by atoms with Gasteiger partial charge in [-0.15, -0.1) is 0 Å². The van der Waals surface area contributed by atoms with Crippen LogP contribution >= 0.6 is 0 Å². The van der Waals surface area contributed by atoms with Gasteiger partial charge in [-0.25, -0.2) is 13.8 Å². The fourth-order valence-electron chi connectivity index (χ4n) is 2.12. The molecule has 0 bridgehead atoms. The van der Waals surface area contributed by atoms with Crippen LogP contribution in [-0.2, 0) is 21.4 Å². The average molecular weight is 371 g/mol. The summed E-state index contributed by atoms with van der Waals surface area (Å²) in [5.41, 5.74) is 0.105. The minimum atomic E-state index is -3.96. The molecule has 1 aliphatic rings. The van der Waals surface area contributed by atoms with Gasteiger partial charge >= 0.3 is 16.3 Å². The van der Waals surface area contributed by atoms with E-state index in [1.807, 2.05) is 4.72 Å². The number of hydrogen-bond donors (Lipinski definition) is 4. The third kappa shape index (κ3) is 4.92. The lowest BCUT2D eigenvalue weighted by atomic mass is 10.1. The zero-order chi connectivity index (χ0) is 18.8.